The fourth-order valence-corrected chi connectivity index (χ4v) is 3.40. The summed E-state index contributed by atoms with van der Waals surface area (Å²) in [4.78, 5) is 4.58. The molecule has 3 rings (SSSR count). The van der Waals surface area contributed by atoms with Gasteiger partial charge in [0, 0.05) is 23.9 Å². The molecular formula is C15H22N2O. The molecule has 18 heavy (non-hydrogen) atoms. The second-order valence-electron chi connectivity index (χ2n) is 5.69. The molecule has 2 aliphatic rings. The van der Waals surface area contributed by atoms with Crippen LogP contribution in [-0.2, 0) is 11.2 Å². The van der Waals surface area contributed by atoms with Gasteiger partial charge in [0.2, 0.25) is 0 Å². The summed E-state index contributed by atoms with van der Waals surface area (Å²) >= 11 is 0. The van der Waals surface area contributed by atoms with E-state index in [2.05, 4.69) is 18.0 Å². The Hall–Kier alpha value is -0.930. The zero-order valence-corrected chi connectivity index (χ0v) is 11.0. The number of hydrogen-bond acceptors (Lipinski definition) is 3. The standard InChI is InChI=1S/C15H22N2O/c1-10-7-8-13(18-10)14(16)12-6-2-4-11-5-3-9-17-15(11)12/h3,5,9-10,12-14H,2,4,6-8,16H2,1H3. The number of aryl methyl sites for hydroxylation is 1. The van der Waals surface area contributed by atoms with Crippen molar-refractivity contribution in [2.45, 2.75) is 63.2 Å². The second kappa shape index (κ2) is 4.98. The minimum absolute atomic E-state index is 0.101. The van der Waals surface area contributed by atoms with Crippen molar-refractivity contribution < 1.29 is 4.74 Å². The zero-order chi connectivity index (χ0) is 12.5. The number of aromatic nitrogens is 1. The first kappa shape index (κ1) is 12.1. The Morgan fingerprint density at radius 1 is 1.39 bits per heavy atom. The van der Waals surface area contributed by atoms with Gasteiger partial charge in [-0.05, 0) is 50.7 Å². The summed E-state index contributed by atoms with van der Waals surface area (Å²) in [6.07, 6.45) is 8.24. The van der Waals surface area contributed by atoms with E-state index in [1.807, 2.05) is 12.3 Å². The molecule has 0 amide bonds. The summed E-state index contributed by atoms with van der Waals surface area (Å²) in [5.41, 5.74) is 9.07. The minimum Gasteiger partial charge on any atom is -0.374 e. The molecule has 1 aliphatic heterocycles. The highest BCUT2D eigenvalue weighted by molar-refractivity contribution is 5.27. The maximum Gasteiger partial charge on any atom is 0.0737 e. The van der Waals surface area contributed by atoms with Crippen LogP contribution in [0.5, 0.6) is 0 Å². The highest BCUT2D eigenvalue weighted by Gasteiger charge is 2.35. The molecule has 0 spiro atoms. The van der Waals surface area contributed by atoms with Crippen molar-refractivity contribution in [3.05, 3.63) is 29.6 Å². The zero-order valence-electron chi connectivity index (χ0n) is 11.0. The quantitative estimate of drug-likeness (QED) is 0.871. The predicted molar refractivity (Wildman–Crippen MR) is 71.5 cm³/mol. The fourth-order valence-electron chi connectivity index (χ4n) is 3.40. The lowest BCUT2D eigenvalue weighted by molar-refractivity contribution is 0.0330. The van der Waals surface area contributed by atoms with Gasteiger partial charge in [-0.3, -0.25) is 4.98 Å². The Bertz CT molecular complexity index is 421. The molecule has 1 saturated heterocycles. The minimum atomic E-state index is 0.101. The smallest absolute Gasteiger partial charge is 0.0737 e. The van der Waals surface area contributed by atoms with Crippen molar-refractivity contribution in [2.24, 2.45) is 5.73 Å². The third-order valence-corrected chi connectivity index (χ3v) is 4.40. The first-order valence-electron chi connectivity index (χ1n) is 7.10. The van der Waals surface area contributed by atoms with Crippen LogP contribution in [0.4, 0.5) is 0 Å². The summed E-state index contributed by atoms with van der Waals surface area (Å²) < 4.78 is 5.94. The van der Waals surface area contributed by atoms with Crippen LogP contribution in [0.2, 0.25) is 0 Å². The second-order valence-corrected chi connectivity index (χ2v) is 5.69. The van der Waals surface area contributed by atoms with Gasteiger partial charge in [0.05, 0.1) is 12.2 Å². The topological polar surface area (TPSA) is 48.1 Å². The van der Waals surface area contributed by atoms with Crippen molar-refractivity contribution in [1.82, 2.24) is 4.98 Å². The Kier molecular flexibility index (Phi) is 3.35. The molecule has 3 heteroatoms. The summed E-state index contributed by atoms with van der Waals surface area (Å²) in [5.74, 6) is 0.380. The first-order valence-corrected chi connectivity index (χ1v) is 7.10. The number of rotatable bonds is 2. The van der Waals surface area contributed by atoms with Gasteiger partial charge in [-0.15, -0.1) is 0 Å². The van der Waals surface area contributed by atoms with Gasteiger partial charge in [0.15, 0.2) is 0 Å². The maximum atomic E-state index is 6.47. The fraction of sp³-hybridized carbons (Fsp3) is 0.667. The molecular weight excluding hydrogens is 224 g/mol. The number of hydrogen-bond donors (Lipinski definition) is 1. The van der Waals surface area contributed by atoms with E-state index in [0.717, 1.165) is 25.7 Å². The molecule has 0 radical (unpaired) electrons. The molecule has 4 unspecified atom stereocenters. The van der Waals surface area contributed by atoms with Crippen LogP contribution in [-0.4, -0.2) is 23.2 Å². The lowest BCUT2D eigenvalue weighted by atomic mass is 9.80. The van der Waals surface area contributed by atoms with Gasteiger partial charge >= 0.3 is 0 Å². The Morgan fingerprint density at radius 2 is 2.28 bits per heavy atom. The number of nitrogens with two attached hydrogens (primary N) is 1. The number of ether oxygens (including phenoxy) is 1. The van der Waals surface area contributed by atoms with Gasteiger partial charge in [-0.25, -0.2) is 0 Å². The summed E-state index contributed by atoms with van der Waals surface area (Å²) in [7, 11) is 0. The van der Waals surface area contributed by atoms with Crippen LogP contribution < -0.4 is 5.73 Å². The van der Waals surface area contributed by atoms with E-state index < -0.39 is 0 Å². The van der Waals surface area contributed by atoms with Crippen LogP contribution >= 0.6 is 0 Å². The molecule has 98 valence electrons. The number of fused-ring (bicyclic) bond motifs is 1. The van der Waals surface area contributed by atoms with Crippen molar-refractivity contribution in [3.63, 3.8) is 0 Å². The van der Waals surface area contributed by atoms with Crippen molar-refractivity contribution in [2.75, 3.05) is 0 Å². The van der Waals surface area contributed by atoms with E-state index in [9.17, 15) is 0 Å². The Balaban J connectivity index is 1.81. The third-order valence-electron chi connectivity index (χ3n) is 4.40. The predicted octanol–water partition coefficient (Wildman–Crippen LogP) is 2.40. The molecule has 0 saturated carbocycles. The summed E-state index contributed by atoms with van der Waals surface area (Å²) in [6, 6.07) is 4.32. The van der Waals surface area contributed by atoms with Crippen LogP contribution in [0.1, 0.15) is 49.8 Å². The van der Waals surface area contributed by atoms with E-state index in [1.54, 1.807) is 0 Å². The SMILES string of the molecule is CC1CCC(C(N)C2CCCc3cccnc32)O1. The Morgan fingerprint density at radius 3 is 3.06 bits per heavy atom. The van der Waals surface area contributed by atoms with E-state index in [0.29, 0.717) is 12.0 Å². The van der Waals surface area contributed by atoms with Crippen LogP contribution in [0, 0.1) is 0 Å². The van der Waals surface area contributed by atoms with E-state index in [1.165, 1.54) is 17.7 Å². The molecule has 1 fully saturated rings. The molecule has 0 aromatic carbocycles. The van der Waals surface area contributed by atoms with Crippen molar-refractivity contribution in [3.8, 4) is 0 Å². The lowest BCUT2D eigenvalue weighted by Crippen LogP contribution is -2.41. The van der Waals surface area contributed by atoms with Gasteiger partial charge in [0.25, 0.3) is 0 Å². The number of pyridine rings is 1. The van der Waals surface area contributed by atoms with Gasteiger partial charge < -0.3 is 10.5 Å². The largest absolute Gasteiger partial charge is 0.374 e. The van der Waals surface area contributed by atoms with Crippen LogP contribution in [0.25, 0.3) is 0 Å². The molecule has 2 heterocycles. The highest BCUT2D eigenvalue weighted by atomic mass is 16.5. The summed E-state index contributed by atoms with van der Waals surface area (Å²) in [6.45, 7) is 2.14. The first-order chi connectivity index (χ1) is 8.75. The van der Waals surface area contributed by atoms with E-state index in [4.69, 9.17) is 10.5 Å². The van der Waals surface area contributed by atoms with E-state index >= 15 is 0 Å². The Labute approximate surface area is 109 Å². The lowest BCUT2D eigenvalue weighted by Gasteiger charge is -2.32. The van der Waals surface area contributed by atoms with Gasteiger partial charge in [0.1, 0.15) is 0 Å². The highest BCUT2D eigenvalue weighted by Crippen LogP contribution is 2.35. The van der Waals surface area contributed by atoms with Crippen LogP contribution in [0.3, 0.4) is 0 Å². The van der Waals surface area contributed by atoms with Crippen molar-refractivity contribution >= 4 is 0 Å². The molecule has 1 aliphatic carbocycles. The summed E-state index contributed by atoms with van der Waals surface area (Å²) in [5, 5.41) is 0. The maximum absolute atomic E-state index is 6.47. The molecule has 0 bridgehead atoms. The molecule has 4 atom stereocenters. The molecule has 1 aromatic heterocycles. The van der Waals surface area contributed by atoms with Crippen LogP contribution in [0.15, 0.2) is 18.3 Å². The third kappa shape index (κ3) is 2.17. The van der Waals surface area contributed by atoms with Gasteiger partial charge in [-0.2, -0.15) is 0 Å². The normalized spacial score (nSPS) is 33.1. The molecule has 3 nitrogen and oxygen atoms in total. The molecule has 2 N–H and O–H groups in total. The molecule has 1 aromatic rings. The van der Waals surface area contributed by atoms with Gasteiger partial charge in [-0.1, -0.05) is 6.07 Å². The van der Waals surface area contributed by atoms with E-state index in [-0.39, 0.29) is 12.1 Å². The average Bonchev–Trinajstić information content (AvgIpc) is 2.84. The monoisotopic (exact) mass is 246 g/mol. The number of nitrogens with zero attached hydrogens (tertiary/aromatic N) is 1. The average molecular weight is 246 g/mol. The van der Waals surface area contributed by atoms with Crippen molar-refractivity contribution in [1.29, 1.82) is 0 Å².